The predicted molar refractivity (Wildman–Crippen MR) is 65.4 cm³/mol. The highest BCUT2D eigenvalue weighted by Crippen LogP contribution is 2.25. The topological polar surface area (TPSA) is 72.5 Å². The van der Waals surface area contributed by atoms with Crippen LogP contribution in [0.25, 0.3) is 0 Å². The number of hydrogen-bond acceptors (Lipinski definition) is 4. The largest absolute Gasteiger partial charge is 0.516 e. The van der Waals surface area contributed by atoms with Gasteiger partial charge in [0.2, 0.25) is 0 Å². The van der Waals surface area contributed by atoms with Crippen LogP contribution in [0.15, 0.2) is 24.3 Å². The first-order chi connectivity index (χ1) is 9.15. The molecule has 0 spiro atoms. The van der Waals surface area contributed by atoms with Gasteiger partial charge in [0.05, 0.1) is 13.0 Å². The summed E-state index contributed by atoms with van der Waals surface area (Å²) in [6, 6.07) is 4.95. The molecular weight excluding hydrogens is 299 g/mol. The number of carbonyl (C=O) groups is 1. The van der Waals surface area contributed by atoms with Gasteiger partial charge in [-0.15, -0.1) is 0 Å². The zero-order chi connectivity index (χ0) is 15.4. The molecule has 0 radical (unpaired) electrons. The van der Waals surface area contributed by atoms with Gasteiger partial charge in [0.15, 0.2) is 0 Å². The van der Waals surface area contributed by atoms with E-state index < -0.39 is 21.5 Å². The summed E-state index contributed by atoms with van der Waals surface area (Å²) >= 11 is 0. The second-order valence-corrected chi connectivity index (χ2v) is 5.40. The Kier molecular flexibility index (Phi) is 4.98. The van der Waals surface area contributed by atoms with Gasteiger partial charge in [0.25, 0.3) is 0 Å². The number of nitrogens with one attached hydrogen (secondary N) is 1. The summed E-state index contributed by atoms with van der Waals surface area (Å²) in [5.74, 6) is -0.476. The molecule has 0 fully saturated rings. The third kappa shape index (κ3) is 4.41. The van der Waals surface area contributed by atoms with E-state index in [0.29, 0.717) is 5.56 Å². The van der Waals surface area contributed by atoms with Crippen molar-refractivity contribution in [2.75, 3.05) is 11.3 Å². The third-order valence-electron chi connectivity index (χ3n) is 2.16. The van der Waals surface area contributed by atoms with Crippen molar-refractivity contribution in [3.63, 3.8) is 0 Å². The molecule has 0 amide bonds. The van der Waals surface area contributed by atoms with Crippen LogP contribution in [-0.2, 0) is 26.0 Å². The fourth-order valence-electron chi connectivity index (χ4n) is 1.28. The van der Waals surface area contributed by atoms with E-state index in [1.54, 1.807) is 6.92 Å². The summed E-state index contributed by atoms with van der Waals surface area (Å²) in [6.45, 7) is 1.87. The van der Waals surface area contributed by atoms with E-state index >= 15 is 0 Å². The van der Waals surface area contributed by atoms with Gasteiger partial charge in [-0.1, -0.05) is 12.1 Å². The minimum Gasteiger partial charge on any atom is -0.466 e. The molecule has 9 heteroatoms. The van der Waals surface area contributed by atoms with Gasteiger partial charge in [0, 0.05) is 5.69 Å². The monoisotopic (exact) mass is 311 g/mol. The summed E-state index contributed by atoms with van der Waals surface area (Å²) in [4.78, 5) is 11.2. The molecule has 0 aliphatic carbocycles. The molecule has 0 bridgehead atoms. The standard InChI is InChI=1S/C11H12F3NO4S/c1-2-19-10(16)7-8-3-5-9(6-4-8)15-20(17,18)11(12,13)14/h3-6,15H,2,7H2,1H3. The molecule has 0 aromatic heterocycles. The van der Waals surface area contributed by atoms with E-state index in [0.717, 1.165) is 12.1 Å². The van der Waals surface area contributed by atoms with Crippen molar-refractivity contribution in [1.82, 2.24) is 0 Å². The third-order valence-corrected chi connectivity index (χ3v) is 3.28. The highest BCUT2D eigenvalue weighted by molar-refractivity contribution is 7.93. The van der Waals surface area contributed by atoms with Crippen molar-refractivity contribution < 1.29 is 31.1 Å². The average molecular weight is 311 g/mol. The first-order valence-corrected chi connectivity index (χ1v) is 6.97. The van der Waals surface area contributed by atoms with Crippen molar-refractivity contribution in [2.45, 2.75) is 18.9 Å². The Balaban J connectivity index is 2.75. The highest BCUT2D eigenvalue weighted by atomic mass is 32.2. The molecular formula is C11H12F3NO4S. The molecule has 1 aromatic carbocycles. The van der Waals surface area contributed by atoms with Gasteiger partial charge in [-0.2, -0.15) is 21.6 Å². The molecule has 1 N–H and O–H groups in total. The second kappa shape index (κ2) is 6.12. The maximum Gasteiger partial charge on any atom is 0.516 e. The van der Waals surface area contributed by atoms with Gasteiger partial charge >= 0.3 is 21.5 Å². The van der Waals surface area contributed by atoms with E-state index in [1.165, 1.54) is 16.9 Å². The van der Waals surface area contributed by atoms with Crippen LogP contribution in [0.3, 0.4) is 0 Å². The molecule has 0 atom stereocenters. The Labute approximate surface area is 113 Å². The number of rotatable bonds is 5. The molecule has 5 nitrogen and oxygen atoms in total. The van der Waals surface area contributed by atoms with Crippen LogP contribution in [0, 0.1) is 0 Å². The minimum atomic E-state index is -5.44. The number of ether oxygens (including phenoxy) is 1. The number of halogens is 3. The Morgan fingerprint density at radius 2 is 1.80 bits per heavy atom. The van der Waals surface area contributed by atoms with Crippen LogP contribution in [0.2, 0.25) is 0 Å². The van der Waals surface area contributed by atoms with Crippen LogP contribution in [-0.4, -0.2) is 26.5 Å². The molecule has 20 heavy (non-hydrogen) atoms. The molecule has 0 saturated carbocycles. The van der Waals surface area contributed by atoms with Crippen molar-refractivity contribution in [3.8, 4) is 0 Å². The zero-order valence-electron chi connectivity index (χ0n) is 10.4. The van der Waals surface area contributed by atoms with Gasteiger partial charge in [-0.05, 0) is 24.6 Å². The number of esters is 1. The summed E-state index contributed by atoms with van der Waals surface area (Å²) in [6.07, 6.45) is -0.0415. The number of alkyl halides is 3. The second-order valence-electron chi connectivity index (χ2n) is 3.73. The zero-order valence-corrected chi connectivity index (χ0v) is 11.2. The van der Waals surface area contributed by atoms with Gasteiger partial charge < -0.3 is 4.74 Å². The lowest BCUT2D eigenvalue weighted by Crippen LogP contribution is -2.29. The van der Waals surface area contributed by atoms with E-state index in [1.807, 2.05) is 0 Å². The number of hydrogen-bond donors (Lipinski definition) is 1. The van der Waals surface area contributed by atoms with E-state index in [-0.39, 0.29) is 18.7 Å². The van der Waals surface area contributed by atoms with E-state index in [9.17, 15) is 26.4 Å². The number of carbonyl (C=O) groups excluding carboxylic acids is 1. The number of sulfonamides is 1. The Morgan fingerprint density at radius 3 is 2.25 bits per heavy atom. The molecule has 112 valence electrons. The van der Waals surface area contributed by atoms with Gasteiger partial charge in [0.1, 0.15) is 0 Å². The summed E-state index contributed by atoms with van der Waals surface area (Å²) in [7, 11) is -5.44. The van der Waals surface area contributed by atoms with Crippen molar-refractivity contribution in [2.24, 2.45) is 0 Å². The van der Waals surface area contributed by atoms with Gasteiger partial charge in [-0.25, -0.2) is 0 Å². The number of benzene rings is 1. The van der Waals surface area contributed by atoms with Crippen LogP contribution >= 0.6 is 0 Å². The quantitative estimate of drug-likeness (QED) is 0.845. The lowest BCUT2D eigenvalue weighted by atomic mass is 10.1. The molecule has 0 saturated heterocycles. The maximum atomic E-state index is 12.1. The maximum absolute atomic E-state index is 12.1. The minimum absolute atomic E-state index is 0.0415. The molecule has 0 aliphatic rings. The summed E-state index contributed by atoms with van der Waals surface area (Å²) in [5.41, 5.74) is -5.12. The van der Waals surface area contributed by atoms with Crippen LogP contribution < -0.4 is 4.72 Å². The molecule has 1 aromatic rings. The number of anilines is 1. The normalized spacial score (nSPS) is 12.0. The summed E-state index contributed by atoms with van der Waals surface area (Å²) in [5, 5.41) is 0. The first kappa shape index (κ1) is 16.3. The fourth-order valence-corrected chi connectivity index (χ4v) is 1.84. The van der Waals surface area contributed by atoms with Gasteiger partial charge in [-0.3, -0.25) is 9.52 Å². The van der Waals surface area contributed by atoms with Crippen molar-refractivity contribution >= 4 is 21.7 Å². The molecule has 1 rings (SSSR count). The Bertz CT molecular complexity index is 566. The van der Waals surface area contributed by atoms with Crippen molar-refractivity contribution in [3.05, 3.63) is 29.8 Å². The smallest absolute Gasteiger partial charge is 0.466 e. The van der Waals surface area contributed by atoms with Crippen LogP contribution in [0.5, 0.6) is 0 Å². The Hall–Kier alpha value is -1.77. The van der Waals surface area contributed by atoms with Crippen LogP contribution in [0.4, 0.5) is 18.9 Å². The van der Waals surface area contributed by atoms with E-state index in [4.69, 9.17) is 4.74 Å². The van der Waals surface area contributed by atoms with Crippen LogP contribution in [0.1, 0.15) is 12.5 Å². The first-order valence-electron chi connectivity index (χ1n) is 5.49. The fraction of sp³-hybridized carbons (Fsp3) is 0.364. The molecule has 0 unspecified atom stereocenters. The predicted octanol–water partition coefficient (Wildman–Crippen LogP) is 2.05. The van der Waals surface area contributed by atoms with Crippen molar-refractivity contribution in [1.29, 1.82) is 0 Å². The SMILES string of the molecule is CCOC(=O)Cc1ccc(NS(=O)(=O)C(F)(F)F)cc1. The summed E-state index contributed by atoms with van der Waals surface area (Å²) < 4.78 is 64.2. The lowest BCUT2D eigenvalue weighted by molar-refractivity contribution is -0.142. The lowest BCUT2D eigenvalue weighted by Gasteiger charge is -2.10. The highest BCUT2D eigenvalue weighted by Gasteiger charge is 2.45. The Morgan fingerprint density at radius 1 is 1.25 bits per heavy atom. The van der Waals surface area contributed by atoms with E-state index in [2.05, 4.69) is 0 Å². The molecule has 0 heterocycles. The average Bonchev–Trinajstić information content (AvgIpc) is 2.30. The molecule has 0 aliphatic heterocycles.